The van der Waals surface area contributed by atoms with Crippen molar-refractivity contribution in [2.45, 2.75) is 13.0 Å². The molecule has 25 heavy (non-hydrogen) atoms. The number of anilines is 1. The molecule has 1 atom stereocenters. The molecule has 0 heterocycles. The molecule has 2 aromatic carbocycles. The summed E-state index contributed by atoms with van der Waals surface area (Å²) in [4.78, 5) is 23.8. The lowest BCUT2D eigenvalue weighted by Crippen LogP contribution is -2.30. The zero-order valence-corrected chi connectivity index (χ0v) is 15.6. The van der Waals surface area contributed by atoms with Gasteiger partial charge in [-0.2, -0.15) is 0 Å². The zero-order chi connectivity index (χ0) is 18.4. The van der Waals surface area contributed by atoms with E-state index in [1.807, 2.05) is 12.1 Å². The van der Waals surface area contributed by atoms with E-state index in [1.54, 1.807) is 31.2 Å². The van der Waals surface area contributed by atoms with Crippen molar-refractivity contribution in [3.05, 3.63) is 52.5 Å². The highest BCUT2D eigenvalue weighted by Crippen LogP contribution is 2.29. The molecule has 0 aliphatic carbocycles. The number of carbonyl (C=O) groups excluding carboxylic acids is 2. The highest BCUT2D eigenvalue weighted by atomic mass is 79.9. The van der Waals surface area contributed by atoms with Gasteiger partial charge in [0.15, 0.2) is 17.6 Å². The third-order valence-corrected chi connectivity index (χ3v) is 3.90. The average Bonchev–Trinajstić information content (AvgIpc) is 2.63. The Morgan fingerprint density at radius 3 is 2.32 bits per heavy atom. The largest absolute Gasteiger partial charge is 0.493 e. The molecule has 2 aromatic rings. The first-order chi connectivity index (χ1) is 11.9. The fourth-order valence-corrected chi connectivity index (χ4v) is 2.30. The number of amides is 1. The van der Waals surface area contributed by atoms with Gasteiger partial charge in [-0.15, -0.1) is 0 Å². The molecule has 6 nitrogen and oxygen atoms in total. The van der Waals surface area contributed by atoms with Crippen LogP contribution in [0.15, 0.2) is 46.9 Å². The summed E-state index contributed by atoms with van der Waals surface area (Å²) in [7, 11) is 2.75. The number of benzene rings is 2. The molecule has 0 unspecified atom stereocenters. The van der Waals surface area contributed by atoms with Crippen LogP contribution in [-0.4, -0.2) is 32.2 Å². The minimum Gasteiger partial charge on any atom is -0.493 e. The fraction of sp³-hybridized carbons (Fsp3) is 0.222. The second-order valence-corrected chi connectivity index (χ2v) is 6.03. The van der Waals surface area contributed by atoms with Gasteiger partial charge in [0.2, 0.25) is 0 Å². The maximum absolute atomic E-state index is 12.3. The fourth-order valence-electron chi connectivity index (χ4n) is 2.03. The van der Waals surface area contributed by atoms with Crippen molar-refractivity contribution in [1.82, 2.24) is 0 Å². The lowest BCUT2D eigenvalue weighted by Gasteiger charge is -2.17. The summed E-state index contributed by atoms with van der Waals surface area (Å²) in [5.74, 6) is -0.0906. The number of hydrogen-bond acceptors (Lipinski definition) is 5. The Bertz CT molecular complexity index is 761. The zero-order valence-electron chi connectivity index (χ0n) is 14.0. The first-order valence-corrected chi connectivity index (χ1v) is 8.23. The summed E-state index contributed by atoms with van der Waals surface area (Å²) >= 11 is 3.34. The van der Waals surface area contributed by atoms with Crippen molar-refractivity contribution in [2.24, 2.45) is 0 Å². The molecule has 0 radical (unpaired) electrons. The Kier molecular flexibility index (Phi) is 6.41. The van der Waals surface area contributed by atoms with Crippen LogP contribution < -0.4 is 14.8 Å². The van der Waals surface area contributed by atoms with Crippen LogP contribution in [-0.2, 0) is 9.53 Å². The van der Waals surface area contributed by atoms with E-state index in [0.717, 1.165) is 4.47 Å². The van der Waals surface area contributed by atoms with Crippen molar-refractivity contribution in [1.29, 1.82) is 0 Å². The first kappa shape index (κ1) is 18.8. The van der Waals surface area contributed by atoms with E-state index < -0.39 is 12.1 Å². The molecule has 0 aromatic heterocycles. The Hall–Kier alpha value is -2.54. The SMILES string of the molecule is COC(=O)c1ccc(O[C@H](C)C(=O)Nc2ccc(Br)cc2)c(OC)c1. The summed E-state index contributed by atoms with van der Waals surface area (Å²) < 4.78 is 16.5. The highest BCUT2D eigenvalue weighted by Gasteiger charge is 2.18. The smallest absolute Gasteiger partial charge is 0.337 e. The summed E-state index contributed by atoms with van der Waals surface area (Å²) in [6, 6.07) is 11.8. The van der Waals surface area contributed by atoms with E-state index in [1.165, 1.54) is 20.3 Å². The molecule has 1 amide bonds. The molecule has 0 aliphatic rings. The van der Waals surface area contributed by atoms with Crippen molar-refractivity contribution < 1.29 is 23.8 Å². The molecule has 7 heteroatoms. The lowest BCUT2D eigenvalue weighted by atomic mass is 10.2. The number of esters is 1. The van der Waals surface area contributed by atoms with Gasteiger partial charge in [0, 0.05) is 10.2 Å². The van der Waals surface area contributed by atoms with Gasteiger partial charge >= 0.3 is 5.97 Å². The Labute approximate surface area is 154 Å². The number of ether oxygens (including phenoxy) is 3. The minimum absolute atomic E-state index is 0.304. The van der Waals surface area contributed by atoms with E-state index in [4.69, 9.17) is 9.47 Å². The first-order valence-electron chi connectivity index (χ1n) is 7.44. The van der Waals surface area contributed by atoms with Crippen LogP contribution in [0.25, 0.3) is 0 Å². The molecule has 0 bridgehead atoms. The van der Waals surface area contributed by atoms with Gasteiger partial charge in [-0.05, 0) is 49.4 Å². The summed E-state index contributed by atoms with van der Waals surface area (Å²) in [5.41, 5.74) is 0.996. The molecule has 2 rings (SSSR count). The van der Waals surface area contributed by atoms with Crippen LogP contribution in [0.4, 0.5) is 5.69 Å². The highest BCUT2D eigenvalue weighted by molar-refractivity contribution is 9.10. The van der Waals surface area contributed by atoms with Crippen LogP contribution >= 0.6 is 15.9 Å². The monoisotopic (exact) mass is 407 g/mol. The maximum Gasteiger partial charge on any atom is 0.337 e. The molecule has 132 valence electrons. The topological polar surface area (TPSA) is 73.9 Å². The van der Waals surface area contributed by atoms with Gasteiger partial charge in [-0.25, -0.2) is 4.79 Å². The predicted molar refractivity (Wildman–Crippen MR) is 97.2 cm³/mol. The quantitative estimate of drug-likeness (QED) is 0.739. The van der Waals surface area contributed by atoms with E-state index in [0.29, 0.717) is 22.7 Å². The molecule has 0 spiro atoms. The lowest BCUT2D eigenvalue weighted by molar-refractivity contribution is -0.122. The number of hydrogen-bond donors (Lipinski definition) is 1. The summed E-state index contributed by atoms with van der Waals surface area (Å²) in [5, 5.41) is 2.77. The van der Waals surface area contributed by atoms with Gasteiger partial charge in [0.1, 0.15) is 0 Å². The van der Waals surface area contributed by atoms with Crippen LogP contribution in [0.2, 0.25) is 0 Å². The van der Waals surface area contributed by atoms with Crippen molar-refractivity contribution in [3.8, 4) is 11.5 Å². The molecular formula is C18H18BrNO5. The number of nitrogens with one attached hydrogen (secondary N) is 1. The van der Waals surface area contributed by atoms with Gasteiger partial charge < -0.3 is 19.5 Å². The molecule has 1 N–H and O–H groups in total. The average molecular weight is 408 g/mol. The van der Waals surface area contributed by atoms with E-state index in [9.17, 15) is 9.59 Å². The predicted octanol–water partition coefficient (Wildman–Crippen LogP) is 3.65. The van der Waals surface area contributed by atoms with Gasteiger partial charge in [-0.3, -0.25) is 4.79 Å². The van der Waals surface area contributed by atoms with Crippen LogP contribution in [0.5, 0.6) is 11.5 Å². The molecule has 0 saturated carbocycles. The van der Waals surface area contributed by atoms with Crippen molar-refractivity contribution >= 4 is 33.5 Å². The van der Waals surface area contributed by atoms with Crippen molar-refractivity contribution in [2.75, 3.05) is 19.5 Å². The molecule has 0 aliphatic heterocycles. The van der Waals surface area contributed by atoms with E-state index in [-0.39, 0.29) is 5.91 Å². The second-order valence-electron chi connectivity index (χ2n) is 5.11. The van der Waals surface area contributed by atoms with E-state index in [2.05, 4.69) is 26.0 Å². The second kappa shape index (κ2) is 8.53. The number of carbonyl (C=O) groups is 2. The standard InChI is InChI=1S/C18H18BrNO5/c1-11(17(21)20-14-7-5-13(19)6-8-14)25-15-9-4-12(18(22)24-3)10-16(15)23-2/h4-11H,1-3H3,(H,20,21)/t11-/m1/s1. The van der Waals surface area contributed by atoms with Gasteiger partial charge in [0.05, 0.1) is 19.8 Å². The molecule has 0 saturated heterocycles. The third kappa shape index (κ3) is 4.96. The summed E-state index contributed by atoms with van der Waals surface area (Å²) in [6.07, 6.45) is -0.762. The van der Waals surface area contributed by atoms with Crippen LogP contribution in [0, 0.1) is 0 Å². The van der Waals surface area contributed by atoms with Crippen LogP contribution in [0.3, 0.4) is 0 Å². The number of methoxy groups -OCH3 is 2. The van der Waals surface area contributed by atoms with Gasteiger partial charge in [-0.1, -0.05) is 15.9 Å². The minimum atomic E-state index is -0.762. The number of rotatable bonds is 6. The Balaban J connectivity index is 2.08. The third-order valence-electron chi connectivity index (χ3n) is 3.37. The number of halogens is 1. The Morgan fingerprint density at radius 2 is 1.72 bits per heavy atom. The normalized spacial score (nSPS) is 11.4. The van der Waals surface area contributed by atoms with Gasteiger partial charge in [0.25, 0.3) is 5.91 Å². The van der Waals surface area contributed by atoms with Crippen LogP contribution in [0.1, 0.15) is 17.3 Å². The molecule has 0 fully saturated rings. The molecular weight excluding hydrogens is 390 g/mol. The Morgan fingerprint density at radius 1 is 1.04 bits per heavy atom. The van der Waals surface area contributed by atoms with E-state index >= 15 is 0 Å². The maximum atomic E-state index is 12.3. The van der Waals surface area contributed by atoms with Crippen molar-refractivity contribution in [3.63, 3.8) is 0 Å². The summed E-state index contributed by atoms with van der Waals surface area (Å²) in [6.45, 7) is 1.63.